The molecule has 1 rings (SSSR count). The van der Waals surface area contributed by atoms with Crippen LogP contribution in [-0.2, 0) is 9.53 Å². The van der Waals surface area contributed by atoms with Gasteiger partial charge in [-0.15, -0.1) is 0 Å². The van der Waals surface area contributed by atoms with Crippen molar-refractivity contribution in [3.63, 3.8) is 0 Å². The molecule has 0 aliphatic carbocycles. The van der Waals surface area contributed by atoms with Crippen molar-refractivity contribution in [2.24, 2.45) is 5.92 Å². The normalized spacial score (nSPS) is 14.1. The van der Waals surface area contributed by atoms with E-state index >= 15 is 0 Å². The lowest BCUT2D eigenvalue weighted by atomic mass is 9.87. The summed E-state index contributed by atoms with van der Waals surface area (Å²) in [5, 5.41) is 3.72. The molecule has 0 saturated heterocycles. The highest BCUT2D eigenvalue weighted by atomic mass is 35.5. The molecule has 94 valence electrons. The summed E-state index contributed by atoms with van der Waals surface area (Å²) in [5.41, 5.74) is 1.08. The van der Waals surface area contributed by atoms with Crippen LogP contribution in [0.1, 0.15) is 18.4 Å². The second-order valence-electron chi connectivity index (χ2n) is 4.03. The van der Waals surface area contributed by atoms with Gasteiger partial charge in [0.2, 0.25) is 0 Å². The van der Waals surface area contributed by atoms with Crippen LogP contribution in [0.2, 0.25) is 5.02 Å². The van der Waals surface area contributed by atoms with E-state index in [0.717, 1.165) is 5.56 Å². The van der Waals surface area contributed by atoms with Crippen LogP contribution < -0.4 is 5.32 Å². The van der Waals surface area contributed by atoms with Crippen LogP contribution in [0.4, 0.5) is 0 Å². The van der Waals surface area contributed by atoms with Crippen molar-refractivity contribution >= 4 is 17.6 Å². The van der Waals surface area contributed by atoms with Crippen molar-refractivity contribution in [2.75, 3.05) is 20.7 Å². The molecule has 17 heavy (non-hydrogen) atoms. The number of halogens is 1. The molecule has 2 atom stereocenters. The first-order chi connectivity index (χ1) is 8.10. The van der Waals surface area contributed by atoms with Gasteiger partial charge in [0.25, 0.3) is 0 Å². The summed E-state index contributed by atoms with van der Waals surface area (Å²) < 4.78 is 4.83. The maximum absolute atomic E-state index is 11.7. The number of benzene rings is 1. The molecule has 0 aromatic heterocycles. The van der Waals surface area contributed by atoms with Gasteiger partial charge in [-0.3, -0.25) is 4.79 Å². The number of carbonyl (C=O) groups excluding carboxylic acids is 1. The van der Waals surface area contributed by atoms with Crippen molar-refractivity contribution < 1.29 is 9.53 Å². The molecule has 1 N–H and O–H groups in total. The zero-order valence-electron chi connectivity index (χ0n) is 10.4. The van der Waals surface area contributed by atoms with Gasteiger partial charge in [0.05, 0.1) is 13.0 Å². The Bertz CT molecular complexity index is 364. The number of methoxy groups -OCH3 is 1. The number of ether oxygens (including phenoxy) is 1. The fourth-order valence-corrected chi connectivity index (χ4v) is 1.96. The quantitative estimate of drug-likeness (QED) is 0.822. The maximum atomic E-state index is 11.7. The molecule has 0 saturated carbocycles. The minimum absolute atomic E-state index is 0.0900. The lowest BCUT2D eigenvalue weighted by Gasteiger charge is -2.21. The molecule has 3 nitrogen and oxygen atoms in total. The number of carbonyl (C=O) groups is 1. The van der Waals surface area contributed by atoms with Gasteiger partial charge in [0.15, 0.2) is 0 Å². The van der Waals surface area contributed by atoms with Crippen LogP contribution in [0, 0.1) is 5.92 Å². The first kappa shape index (κ1) is 14.0. The van der Waals surface area contributed by atoms with E-state index in [0.29, 0.717) is 11.6 Å². The van der Waals surface area contributed by atoms with E-state index in [-0.39, 0.29) is 17.8 Å². The Morgan fingerprint density at radius 1 is 1.41 bits per heavy atom. The van der Waals surface area contributed by atoms with E-state index in [4.69, 9.17) is 16.3 Å². The Morgan fingerprint density at radius 2 is 2.00 bits per heavy atom. The predicted molar refractivity (Wildman–Crippen MR) is 69.3 cm³/mol. The maximum Gasteiger partial charge on any atom is 0.310 e. The standard InChI is InChI=1S/C13H18ClNO2/c1-9(10-4-6-11(14)7-5-10)12(8-15-2)13(16)17-3/h4-7,9,12,15H,8H2,1-3H3/t9-,12+/m0/s1. The molecule has 0 aliphatic rings. The fourth-order valence-electron chi connectivity index (χ4n) is 1.83. The zero-order valence-corrected chi connectivity index (χ0v) is 11.1. The summed E-state index contributed by atoms with van der Waals surface area (Å²) in [5.74, 6) is -0.292. The van der Waals surface area contributed by atoms with E-state index < -0.39 is 0 Å². The number of hydrogen-bond donors (Lipinski definition) is 1. The molecule has 0 heterocycles. The van der Waals surface area contributed by atoms with Crippen molar-refractivity contribution in [1.29, 1.82) is 0 Å². The Morgan fingerprint density at radius 3 is 2.47 bits per heavy atom. The summed E-state index contributed by atoms with van der Waals surface area (Å²) in [7, 11) is 3.24. The third-order valence-electron chi connectivity index (χ3n) is 2.93. The SMILES string of the molecule is CNC[C@@H](C(=O)OC)[C@@H](C)c1ccc(Cl)cc1. The third kappa shape index (κ3) is 3.72. The van der Waals surface area contributed by atoms with Crippen LogP contribution in [0.15, 0.2) is 24.3 Å². The lowest BCUT2D eigenvalue weighted by Crippen LogP contribution is -2.31. The number of nitrogens with one attached hydrogen (secondary N) is 1. The highest BCUT2D eigenvalue weighted by molar-refractivity contribution is 6.30. The van der Waals surface area contributed by atoms with E-state index in [2.05, 4.69) is 5.32 Å². The minimum Gasteiger partial charge on any atom is -0.469 e. The molecule has 4 heteroatoms. The number of esters is 1. The Hall–Kier alpha value is -1.06. The van der Waals surface area contributed by atoms with Crippen LogP contribution in [0.3, 0.4) is 0 Å². The smallest absolute Gasteiger partial charge is 0.310 e. The summed E-state index contributed by atoms with van der Waals surface area (Å²) in [6.07, 6.45) is 0. The molecule has 1 aromatic rings. The topological polar surface area (TPSA) is 38.3 Å². The van der Waals surface area contributed by atoms with E-state index in [1.165, 1.54) is 7.11 Å². The van der Waals surface area contributed by atoms with Crippen LogP contribution in [-0.4, -0.2) is 26.7 Å². The second-order valence-corrected chi connectivity index (χ2v) is 4.46. The summed E-state index contributed by atoms with van der Waals surface area (Å²) in [6.45, 7) is 2.61. The van der Waals surface area contributed by atoms with Crippen molar-refractivity contribution in [3.8, 4) is 0 Å². The summed E-state index contributed by atoms with van der Waals surface area (Å²) in [4.78, 5) is 11.7. The average molecular weight is 256 g/mol. The Labute approximate surface area is 107 Å². The highest BCUT2D eigenvalue weighted by Gasteiger charge is 2.26. The minimum atomic E-state index is -0.193. The molecule has 1 aromatic carbocycles. The molecule has 0 fully saturated rings. The number of rotatable bonds is 5. The summed E-state index contributed by atoms with van der Waals surface area (Å²) in [6, 6.07) is 7.55. The van der Waals surface area contributed by atoms with Crippen molar-refractivity contribution in [3.05, 3.63) is 34.9 Å². The van der Waals surface area contributed by atoms with Crippen molar-refractivity contribution in [2.45, 2.75) is 12.8 Å². The van der Waals surface area contributed by atoms with Gasteiger partial charge >= 0.3 is 5.97 Å². The third-order valence-corrected chi connectivity index (χ3v) is 3.18. The lowest BCUT2D eigenvalue weighted by molar-refractivity contribution is -0.145. The first-order valence-corrected chi connectivity index (χ1v) is 5.95. The molecule has 0 aliphatic heterocycles. The number of hydrogen-bond acceptors (Lipinski definition) is 3. The Kier molecular flexibility index (Phi) is 5.45. The molecular formula is C13H18ClNO2. The monoisotopic (exact) mass is 255 g/mol. The predicted octanol–water partition coefficient (Wildman–Crippen LogP) is 2.45. The van der Waals surface area contributed by atoms with Gasteiger partial charge < -0.3 is 10.1 Å². The van der Waals surface area contributed by atoms with Gasteiger partial charge in [-0.25, -0.2) is 0 Å². The van der Waals surface area contributed by atoms with Gasteiger partial charge in [-0.05, 0) is 30.7 Å². The fraction of sp³-hybridized carbons (Fsp3) is 0.462. The van der Waals surface area contributed by atoms with E-state index in [1.807, 2.05) is 38.2 Å². The molecule has 0 radical (unpaired) electrons. The van der Waals surface area contributed by atoms with Crippen LogP contribution >= 0.6 is 11.6 Å². The van der Waals surface area contributed by atoms with Gasteiger partial charge in [0.1, 0.15) is 0 Å². The second kappa shape index (κ2) is 6.62. The molecule has 0 amide bonds. The molecule has 0 unspecified atom stereocenters. The van der Waals surface area contributed by atoms with E-state index in [1.54, 1.807) is 0 Å². The molecule has 0 spiro atoms. The largest absolute Gasteiger partial charge is 0.469 e. The van der Waals surface area contributed by atoms with Crippen LogP contribution in [0.25, 0.3) is 0 Å². The van der Waals surface area contributed by atoms with Crippen LogP contribution in [0.5, 0.6) is 0 Å². The van der Waals surface area contributed by atoms with E-state index in [9.17, 15) is 4.79 Å². The zero-order chi connectivity index (χ0) is 12.8. The van der Waals surface area contributed by atoms with Gasteiger partial charge in [-0.1, -0.05) is 30.7 Å². The van der Waals surface area contributed by atoms with Gasteiger partial charge in [0, 0.05) is 11.6 Å². The average Bonchev–Trinajstić information content (AvgIpc) is 2.35. The molecule has 0 bridgehead atoms. The van der Waals surface area contributed by atoms with Crippen molar-refractivity contribution in [1.82, 2.24) is 5.32 Å². The Balaban J connectivity index is 2.86. The first-order valence-electron chi connectivity index (χ1n) is 5.58. The van der Waals surface area contributed by atoms with Gasteiger partial charge in [-0.2, -0.15) is 0 Å². The molecular weight excluding hydrogens is 238 g/mol. The highest BCUT2D eigenvalue weighted by Crippen LogP contribution is 2.26. The summed E-state index contributed by atoms with van der Waals surface area (Å²) >= 11 is 5.84.